The van der Waals surface area contributed by atoms with Gasteiger partial charge < -0.3 is 20.5 Å². The van der Waals surface area contributed by atoms with E-state index in [1.165, 1.54) is 0 Å². The largest absolute Gasteiger partial charge is 0.381 e. The van der Waals surface area contributed by atoms with Crippen LogP contribution in [-0.4, -0.2) is 43.9 Å². The number of rotatable bonds is 3. The van der Waals surface area contributed by atoms with E-state index < -0.39 is 5.41 Å². The molecule has 3 unspecified atom stereocenters. The van der Waals surface area contributed by atoms with Crippen LogP contribution in [-0.2, 0) is 14.3 Å². The molecule has 5 heteroatoms. The van der Waals surface area contributed by atoms with Crippen LogP contribution in [0.1, 0.15) is 32.1 Å². The third-order valence-corrected chi connectivity index (χ3v) is 4.74. The van der Waals surface area contributed by atoms with E-state index in [0.29, 0.717) is 25.9 Å². The summed E-state index contributed by atoms with van der Waals surface area (Å²) in [6.07, 6.45) is 5.25. The van der Waals surface area contributed by atoms with Crippen molar-refractivity contribution in [1.29, 1.82) is 0 Å². The van der Waals surface area contributed by atoms with E-state index in [1.807, 2.05) is 0 Å². The first-order valence-corrected chi connectivity index (χ1v) is 6.98. The summed E-state index contributed by atoms with van der Waals surface area (Å²) < 4.78 is 11.1. The third kappa shape index (κ3) is 2.04. The third-order valence-electron chi connectivity index (χ3n) is 4.74. The predicted octanol–water partition coefficient (Wildman–Crippen LogP) is 0.178. The fourth-order valence-electron chi connectivity index (χ4n) is 3.40. The minimum atomic E-state index is -0.417. The van der Waals surface area contributed by atoms with Gasteiger partial charge in [-0.2, -0.15) is 0 Å². The van der Waals surface area contributed by atoms with E-state index in [4.69, 9.17) is 15.2 Å². The Kier molecular flexibility index (Phi) is 3.30. The zero-order chi connectivity index (χ0) is 12.6. The number of nitrogens with one attached hydrogen (secondary N) is 1. The van der Waals surface area contributed by atoms with Crippen LogP contribution in [0.5, 0.6) is 0 Å². The molecule has 0 spiro atoms. The summed E-state index contributed by atoms with van der Waals surface area (Å²) in [5, 5.41) is 3.17. The Bertz CT molecular complexity index is 328. The first kappa shape index (κ1) is 12.4. The van der Waals surface area contributed by atoms with Gasteiger partial charge in [0.15, 0.2) is 0 Å². The van der Waals surface area contributed by atoms with Gasteiger partial charge in [0.2, 0.25) is 5.91 Å². The fourth-order valence-corrected chi connectivity index (χ4v) is 3.40. The molecule has 0 aromatic heterocycles. The Hall–Kier alpha value is -0.650. The maximum absolute atomic E-state index is 12.5. The average molecular weight is 254 g/mol. The van der Waals surface area contributed by atoms with Crippen LogP contribution < -0.4 is 11.1 Å². The summed E-state index contributed by atoms with van der Waals surface area (Å²) in [4.78, 5) is 12.5. The van der Waals surface area contributed by atoms with Gasteiger partial charge in [0, 0.05) is 19.8 Å². The number of hydrogen-bond donors (Lipinski definition) is 2. The van der Waals surface area contributed by atoms with Crippen molar-refractivity contribution in [2.24, 2.45) is 11.1 Å². The van der Waals surface area contributed by atoms with Crippen molar-refractivity contribution < 1.29 is 14.3 Å². The highest BCUT2D eigenvalue weighted by atomic mass is 16.5. The molecule has 3 aliphatic heterocycles. The molecule has 0 radical (unpaired) electrons. The lowest BCUT2D eigenvalue weighted by Gasteiger charge is -2.36. The van der Waals surface area contributed by atoms with Crippen LogP contribution in [0, 0.1) is 5.41 Å². The molecule has 3 rings (SSSR count). The van der Waals surface area contributed by atoms with Crippen molar-refractivity contribution in [1.82, 2.24) is 5.32 Å². The smallest absolute Gasteiger partial charge is 0.227 e. The normalized spacial score (nSPS) is 37.7. The number of fused-ring (bicyclic) bond motifs is 2. The minimum Gasteiger partial charge on any atom is -0.381 e. The van der Waals surface area contributed by atoms with Gasteiger partial charge in [0.25, 0.3) is 0 Å². The second-order valence-corrected chi connectivity index (χ2v) is 5.79. The maximum atomic E-state index is 12.5. The standard InChI is InChI=1S/C13H22N2O3/c14-8-13(3-5-17-6-4-13)12(16)15-10-7-9-1-2-11(10)18-9/h9-11H,1-8,14H2,(H,15,16). The number of hydrogen-bond acceptors (Lipinski definition) is 4. The summed E-state index contributed by atoms with van der Waals surface area (Å²) in [6.45, 7) is 1.68. The molecule has 18 heavy (non-hydrogen) atoms. The molecule has 2 bridgehead atoms. The highest BCUT2D eigenvalue weighted by Crippen LogP contribution is 2.36. The molecular weight excluding hydrogens is 232 g/mol. The van der Waals surface area contributed by atoms with Gasteiger partial charge in [-0.3, -0.25) is 4.79 Å². The quantitative estimate of drug-likeness (QED) is 0.753. The van der Waals surface area contributed by atoms with E-state index in [0.717, 1.165) is 32.1 Å². The number of ether oxygens (including phenoxy) is 2. The summed E-state index contributed by atoms with van der Waals surface area (Å²) >= 11 is 0. The second kappa shape index (κ2) is 4.79. The number of carbonyl (C=O) groups excluding carboxylic acids is 1. The summed E-state index contributed by atoms with van der Waals surface area (Å²) in [6, 6.07) is 0.197. The van der Waals surface area contributed by atoms with E-state index in [1.54, 1.807) is 0 Å². The second-order valence-electron chi connectivity index (χ2n) is 5.79. The van der Waals surface area contributed by atoms with Gasteiger partial charge >= 0.3 is 0 Å². The minimum absolute atomic E-state index is 0.106. The number of nitrogens with two attached hydrogens (primary N) is 1. The van der Waals surface area contributed by atoms with Gasteiger partial charge in [-0.1, -0.05) is 0 Å². The van der Waals surface area contributed by atoms with Crippen LogP contribution >= 0.6 is 0 Å². The monoisotopic (exact) mass is 254 g/mol. The van der Waals surface area contributed by atoms with E-state index in [9.17, 15) is 4.79 Å². The van der Waals surface area contributed by atoms with Crippen LogP contribution in [0.2, 0.25) is 0 Å². The SMILES string of the molecule is NCC1(C(=O)NC2CC3CCC2O3)CCOCC1. The molecule has 3 aliphatic rings. The van der Waals surface area contributed by atoms with Crippen molar-refractivity contribution >= 4 is 5.91 Å². The Morgan fingerprint density at radius 2 is 2.11 bits per heavy atom. The molecule has 3 saturated heterocycles. The summed E-state index contributed by atoms with van der Waals surface area (Å²) in [7, 11) is 0. The van der Waals surface area contributed by atoms with E-state index >= 15 is 0 Å². The molecule has 0 aliphatic carbocycles. The van der Waals surface area contributed by atoms with E-state index in [-0.39, 0.29) is 18.1 Å². The Morgan fingerprint density at radius 1 is 1.33 bits per heavy atom. The molecule has 3 N–H and O–H groups in total. The molecule has 3 atom stereocenters. The van der Waals surface area contributed by atoms with Crippen molar-refractivity contribution in [2.75, 3.05) is 19.8 Å². The highest BCUT2D eigenvalue weighted by molar-refractivity contribution is 5.83. The zero-order valence-corrected chi connectivity index (χ0v) is 10.7. The summed E-state index contributed by atoms with van der Waals surface area (Å²) in [5.74, 6) is 0.106. The van der Waals surface area contributed by atoms with Crippen molar-refractivity contribution in [3.05, 3.63) is 0 Å². The van der Waals surface area contributed by atoms with Gasteiger partial charge in [0.05, 0.1) is 23.7 Å². The van der Waals surface area contributed by atoms with Gasteiger partial charge in [-0.15, -0.1) is 0 Å². The van der Waals surface area contributed by atoms with Crippen LogP contribution in [0.15, 0.2) is 0 Å². The van der Waals surface area contributed by atoms with Gasteiger partial charge in [-0.25, -0.2) is 0 Å². The van der Waals surface area contributed by atoms with Crippen molar-refractivity contribution in [3.63, 3.8) is 0 Å². The van der Waals surface area contributed by atoms with Crippen LogP contribution in [0.4, 0.5) is 0 Å². The average Bonchev–Trinajstić information content (AvgIpc) is 3.01. The molecule has 0 saturated carbocycles. The zero-order valence-electron chi connectivity index (χ0n) is 10.7. The van der Waals surface area contributed by atoms with Crippen LogP contribution in [0.3, 0.4) is 0 Å². The highest BCUT2D eigenvalue weighted by Gasteiger charge is 2.45. The maximum Gasteiger partial charge on any atom is 0.227 e. The molecule has 3 fully saturated rings. The summed E-state index contributed by atoms with van der Waals surface area (Å²) in [5.41, 5.74) is 5.43. The molecule has 102 valence electrons. The van der Waals surface area contributed by atoms with Gasteiger partial charge in [0.1, 0.15) is 0 Å². The first-order chi connectivity index (χ1) is 8.73. The number of amides is 1. The molecule has 0 aromatic rings. The van der Waals surface area contributed by atoms with Crippen molar-refractivity contribution in [3.8, 4) is 0 Å². The van der Waals surface area contributed by atoms with E-state index in [2.05, 4.69) is 5.32 Å². The topological polar surface area (TPSA) is 73.6 Å². The fraction of sp³-hybridized carbons (Fsp3) is 0.923. The Balaban J connectivity index is 1.63. The lowest BCUT2D eigenvalue weighted by molar-refractivity contribution is -0.137. The number of carbonyl (C=O) groups is 1. The lowest BCUT2D eigenvalue weighted by atomic mass is 9.79. The molecule has 0 aromatic carbocycles. The Morgan fingerprint density at radius 3 is 2.67 bits per heavy atom. The van der Waals surface area contributed by atoms with Crippen LogP contribution in [0.25, 0.3) is 0 Å². The first-order valence-electron chi connectivity index (χ1n) is 6.98. The molecular formula is C13H22N2O3. The van der Waals surface area contributed by atoms with Gasteiger partial charge in [-0.05, 0) is 32.1 Å². The molecule has 1 amide bonds. The molecule has 3 heterocycles. The lowest BCUT2D eigenvalue weighted by Crippen LogP contribution is -2.53. The predicted molar refractivity (Wildman–Crippen MR) is 66.0 cm³/mol. The van der Waals surface area contributed by atoms with Crippen molar-refractivity contribution in [2.45, 2.75) is 50.4 Å². The molecule has 5 nitrogen and oxygen atoms in total. The Labute approximate surface area is 107 Å².